The van der Waals surface area contributed by atoms with Gasteiger partial charge in [0.15, 0.2) is 17.5 Å². The molecule has 0 aromatic heterocycles. The molecule has 0 heterocycles. The molecule has 0 saturated heterocycles. The summed E-state index contributed by atoms with van der Waals surface area (Å²) >= 11 is 0. The normalized spacial score (nSPS) is 17.6. The number of benzene rings is 1. The zero-order valence-electron chi connectivity index (χ0n) is 11.0. The van der Waals surface area contributed by atoms with Crippen LogP contribution in [0.2, 0.25) is 0 Å². The molecule has 1 aliphatic rings. The first-order valence-electron chi connectivity index (χ1n) is 6.57. The van der Waals surface area contributed by atoms with E-state index in [4.69, 9.17) is 5.73 Å². The van der Waals surface area contributed by atoms with Crippen molar-refractivity contribution in [2.24, 2.45) is 11.7 Å². The third-order valence-electron chi connectivity index (χ3n) is 3.92. The van der Waals surface area contributed by atoms with E-state index in [9.17, 15) is 13.2 Å². The Morgan fingerprint density at radius 2 is 1.84 bits per heavy atom. The van der Waals surface area contributed by atoms with E-state index in [0.717, 1.165) is 18.7 Å². The van der Waals surface area contributed by atoms with Gasteiger partial charge in [0, 0.05) is 19.1 Å². The van der Waals surface area contributed by atoms with Gasteiger partial charge in [-0.3, -0.25) is 4.90 Å². The van der Waals surface area contributed by atoms with E-state index in [2.05, 4.69) is 0 Å². The van der Waals surface area contributed by atoms with Crippen molar-refractivity contribution in [2.75, 3.05) is 20.1 Å². The van der Waals surface area contributed by atoms with Crippen molar-refractivity contribution in [3.63, 3.8) is 0 Å². The summed E-state index contributed by atoms with van der Waals surface area (Å²) in [6.07, 6.45) is 3.62. The molecule has 0 radical (unpaired) electrons. The van der Waals surface area contributed by atoms with Gasteiger partial charge in [-0.1, -0.05) is 6.42 Å². The third-order valence-corrected chi connectivity index (χ3v) is 3.92. The molecule has 1 unspecified atom stereocenters. The molecule has 19 heavy (non-hydrogen) atoms. The van der Waals surface area contributed by atoms with Crippen molar-refractivity contribution in [1.82, 2.24) is 4.90 Å². The smallest absolute Gasteiger partial charge is 0.194 e. The average molecular weight is 272 g/mol. The zero-order chi connectivity index (χ0) is 14.0. The van der Waals surface area contributed by atoms with Gasteiger partial charge >= 0.3 is 0 Å². The van der Waals surface area contributed by atoms with E-state index in [0.29, 0.717) is 11.5 Å². The minimum Gasteiger partial charge on any atom is -0.329 e. The summed E-state index contributed by atoms with van der Waals surface area (Å²) in [6, 6.07) is 1.78. The number of hydrogen-bond acceptors (Lipinski definition) is 2. The lowest BCUT2D eigenvalue weighted by Gasteiger charge is -2.34. The fraction of sp³-hybridized carbons (Fsp3) is 0.571. The van der Waals surface area contributed by atoms with Crippen molar-refractivity contribution in [1.29, 1.82) is 0 Å². The summed E-state index contributed by atoms with van der Waals surface area (Å²) in [5, 5.41) is 0. The standard InChI is InChI=1S/C14H19F3N2/c1-19(8-9-3-2-4-9)13(7-18)10-5-11(15)14(17)12(16)6-10/h5-6,9,13H,2-4,7-8,18H2,1H3. The largest absolute Gasteiger partial charge is 0.329 e. The molecule has 1 saturated carbocycles. The zero-order valence-corrected chi connectivity index (χ0v) is 11.0. The number of nitrogens with two attached hydrogens (primary N) is 1. The van der Waals surface area contributed by atoms with Gasteiger partial charge in [-0.15, -0.1) is 0 Å². The van der Waals surface area contributed by atoms with Crippen molar-refractivity contribution in [3.8, 4) is 0 Å². The Kier molecular flexibility index (Phi) is 4.47. The van der Waals surface area contributed by atoms with Gasteiger partial charge in [-0.2, -0.15) is 0 Å². The van der Waals surface area contributed by atoms with Crippen LogP contribution < -0.4 is 5.73 Å². The van der Waals surface area contributed by atoms with Crippen molar-refractivity contribution in [3.05, 3.63) is 35.1 Å². The van der Waals surface area contributed by atoms with Crippen molar-refractivity contribution in [2.45, 2.75) is 25.3 Å². The summed E-state index contributed by atoms with van der Waals surface area (Å²) in [6.45, 7) is 1.09. The second kappa shape index (κ2) is 5.92. The fourth-order valence-corrected chi connectivity index (χ4v) is 2.55. The molecule has 1 aromatic carbocycles. The lowest BCUT2D eigenvalue weighted by atomic mass is 9.84. The molecule has 2 nitrogen and oxygen atoms in total. The van der Waals surface area contributed by atoms with Crippen LogP contribution in [0.1, 0.15) is 30.9 Å². The maximum absolute atomic E-state index is 13.3. The number of halogens is 3. The molecule has 0 spiro atoms. The van der Waals surface area contributed by atoms with Gasteiger partial charge in [0.1, 0.15) is 0 Å². The van der Waals surface area contributed by atoms with Crippen LogP contribution in [0.25, 0.3) is 0 Å². The molecule has 1 atom stereocenters. The van der Waals surface area contributed by atoms with Crippen LogP contribution in [-0.4, -0.2) is 25.0 Å². The number of rotatable bonds is 5. The molecule has 1 fully saturated rings. The molecular weight excluding hydrogens is 253 g/mol. The minimum atomic E-state index is -1.43. The first-order chi connectivity index (χ1) is 9.02. The van der Waals surface area contributed by atoms with Crippen LogP contribution in [0.5, 0.6) is 0 Å². The topological polar surface area (TPSA) is 29.3 Å². The highest BCUT2D eigenvalue weighted by atomic mass is 19.2. The number of nitrogens with zero attached hydrogens (tertiary/aromatic N) is 1. The first kappa shape index (κ1) is 14.3. The van der Waals surface area contributed by atoms with Crippen LogP contribution in [0.4, 0.5) is 13.2 Å². The predicted octanol–water partition coefficient (Wildman–Crippen LogP) is 2.84. The Balaban J connectivity index is 2.15. The van der Waals surface area contributed by atoms with Gasteiger partial charge in [0.2, 0.25) is 0 Å². The maximum Gasteiger partial charge on any atom is 0.194 e. The summed E-state index contributed by atoms with van der Waals surface area (Å²) < 4.78 is 39.5. The van der Waals surface area contributed by atoms with Crippen LogP contribution in [-0.2, 0) is 0 Å². The minimum absolute atomic E-state index is 0.244. The van der Waals surface area contributed by atoms with E-state index >= 15 is 0 Å². The van der Waals surface area contributed by atoms with Crippen molar-refractivity contribution < 1.29 is 13.2 Å². The summed E-state index contributed by atoms with van der Waals surface area (Å²) in [7, 11) is 1.88. The number of likely N-dealkylation sites (N-methyl/N-ethyl adjacent to an activating group) is 1. The molecule has 0 amide bonds. The van der Waals surface area contributed by atoms with E-state index in [1.54, 1.807) is 0 Å². The lowest BCUT2D eigenvalue weighted by molar-refractivity contribution is 0.164. The highest BCUT2D eigenvalue weighted by Gasteiger charge is 2.24. The Hall–Kier alpha value is -1.07. The summed E-state index contributed by atoms with van der Waals surface area (Å²) in [5.41, 5.74) is 6.09. The van der Waals surface area contributed by atoms with Gasteiger partial charge in [0.25, 0.3) is 0 Å². The Labute approximate surface area is 111 Å². The molecule has 106 valence electrons. The molecule has 0 bridgehead atoms. The van der Waals surface area contributed by atoms with E-state index in [1.165, 1.54) is 19.3 Å². The average Bonchev–Trinajstić information content (AvgIpc) is 2.31. The monoisotopic (exact) mass is 272 g/mol. The fourth-order valence-electron chi connectivity index (χ4n) is 2.55. The maximum atomic E-state index is 13.3. The summed E-state index contributed by atoms with van der Waals surface area (Å²) in [4.78, 5) is 2.00. The quantitative estimate of drug-likeness (QED) is 0.835. The van der Waals surface area contributed by atoms with E-state index < -0.39 is 17.5 Å². The van der Waals surface area contributed by atoms with Crippen LogP contribution in [0.15, 0.2) is 12.1 Å². The molecular formula is C14H19F3N2. The number of hydrogen-bond donors (Lipinski definition) is 1. The van der Waals surface area contributed by atoms with Crippen LogP contribution >= 0.6 is 0 Å². The summed E-state index contributed by atoms with van der Waals surface area (Å²) in [5.74, 6) is -3.12. The first-order valence-corrected chi connectivity index (χ1v) is 6.57. The molecule has 0 aliphatic heterocycles. The molecule has 2 N–H and O–H groups in total. The molecule has 1 aliphatic carbocycles. The molecule has 2 rings (SSSR count). The van der Waals surface area contributed by atoms with Gasteiger partial charge < -0.3 is 5.73 Å². The third kappa shape index (κ3) is 3.09. The van der Waals surface area contributed by atoms with Crippen LogP contribution in [0, 0.1) is 23.4 Å². The Bertz CT molecular complexity index is 423. The molecule has 5 heteroatoms. The van der Waals surface area contributed by atoms with Gasteiger partial charge in [-0.05, 0) is 43.5 Å². The second-order valence-electron chi connectivity index (χ2n) is 5.29. The highest BCUT2D eigenvalue weighted by Crippen LogP contribution is 2.30. The van der Waals surface area contributed by atoms with Crippen molar-refractivity contribution >= 4 is 0 Å². The second-order valence-corrected chi connectivity index (χ2v) is 5.29. The van der Waals surface area contributed by atoms with Gasteiger partial charge in [-0.25, -0.2) is 13.2 Å². The Morgan fingerprint density at radius 1 is 1.26 bits per heavy atom. The van der Waals surface area contributed by atoms with Gasteiger partial charge in [0.05, 0.1) is 0 Å². The Morgan fingerprint density at radius 3 is 2.26 bits per heavy atom. The predicted molar refractivity (Wildman–Crippen MR) is 68.1 cm³/mol. The molecule has 1 aromatic rings. The van der Waals surface area contributed by atoms with Crippen LogP contribution in [0.3, 0.4) is 0 Å². The lowest BCUT2D eigenvalue weighted by Crippen LogP contribution is -2.36. The van der Waals surface area contributed by atoms with E-state index in [-0.39, 0.29) is 12.6 Å². The highest BCUT2D eigenvalue weighted by molar-refractivity contribution is 5.23. The SMILES string of the molecule is CN(CC1CCC1)C(CN)c1cc(F)c(F)c(F)c1. The van der Waals surface area contributed by atoms with E-state index in [1.807, 2.05) is 11.9 Å².